The standard InChI is InChI=1S/C27H36N2O5/c1-7-8-13-33-24-21-15-19(23-10-9-14-32-23)11-12-20(21)25(30)29(17-18(2)3)22(24)16-28-26(31)34-27(4,5)6/h9-12,14-15,18H,7-8,13,16-17H2,1-6H3,(H,28,31). The number of ether oxygens (including phenoxy) is 2. The second kappa shape index (κ2) is 10.8. The molecule has 1 amide bonds. The van der Waals surface area contributed by atoms with E-state index in [1.807, 2.05) is 51.1 Å². The van der Waals surface area contributed by atoms with Gasteiger partial charge in [-0.25, -0.2) is 4.79 Å². The Morgan fingerprint density at radius 2 is 1.94 bits per heavy atom. The Kier molecular flexibility index (Phi) is 8.07. The summed E-state index contributed by atoms with van der Waals surface area (Å²) in [4.78, 5) is 26.0. The number of pyridine rings is 1. The quantitative estimate of drug-likeness (QED) is 0.383. The fourth-order valence-corrected chi connectivity index (χ4v) is 3.74. The number of fused-ring (bicyclic) bond motifs is 1. The molecule has 0 aliphatic heterocycles. The summed E-state index contributed by atoms with van der Waals surface area (Å²) in [6, 6.07) is 9.34. The lowest BCUT2D eigenvalue weighted by Gasteiger charge is -2.23. The third-order valence-corrected chi connectivity index (χ3v) is 5.22. The number of amides is 1. The van der Waals surface area contributed by atoms with E-state index in [9.17, 15) is 9.59 Å². The Morgan fingerprint density at radius 3 is 2.56 bits per heavy atom. The third kappa shape index (κ3) is 6.22. The highest BCUT2D eigenvalue weighted by Crippen LogP contribution is 2.33. The van der Waals surface area contributed by atoms with Gasteiger partial charge >= 0.3 is 6.09 Å². The number of hydrogen-bond acceptors (Lipinski definition) is 5. The first kappa shape index (κ1) is 25.4. The Labute approximate surface area is 201 Å². The molecule has 0 fully saturated rings. The minimum absolute atomic E-state index is 0.110. The van der Waals surface area contributed by atoms with Gasteiger partial charge in [0.25, 0.3) is 5.56 Å². The maximum Gasteiger partial charge on any atom is 0.407 e. The molecule has 0 unspecified atom stereocenters. The lowest BCUT2D eigenvalue weighted by atomic mass is 10.0. The number of furan rings is 1. The van der Waals surface area contributed by atoms with E-state index in [1.165, 1.54) is 0 Å². The number of aromatic nitrogens is 1. The number of hydrogen-bond donors (Lipinski definition) is 1. The minimum Gasteiger partial charge on any atom is -0.491 e. The molecule has 0 spiro atoms. The number of carbonyl (C=O) groups is 1. The van der Waals surface area contributed by atoms with E-state index >= 15 is 0 Å². The van der Waals surface area contributed by atoms with Crippen LogP contribution in [0, 0.1) is 5.92 Å². The number of nitrogens with one attached hydrogen (secondary N) is 1. The zero-order chi connectivity index (χ0) is 24.9. The molecule has 2 aromatic heterocycles. The predicted molar refractivity (Wildman–Crippen MR) is 134 cm³/mol. The van der Waals surface area contributed by atoms with Gasteiger partial charge in [0.05, 0.1) is 30.5 Å². The fourth-order valence-electron chi connectivity index (χ4n) is 3.74. The van der Waals surface area contributed by atoms with Crippen LogP contribution in [-0.2, 0) is 17.8 Å². The van der Waals surface area contributed by atoms with Crippen LogP contribution in [0.2, 0.25) is 0 Å². The number of unbranched alkanes of at least 4 members (excludes halogenated alkanes) is 1. The van der Waals surface area contributed by atoms with Crippen molar-refractivity contribution in [3.63, 3.8) is 0 Å². The van der Waals surface area contributed by atoms with Crippen LogP contribution >= 0.6 is 0 Å². The second-order valence-electron chi connectivity index (χ2n) is 9.88. The van der Waals surface area contributed by atoms with Gasteiger partial charge in [0.15, 0.2) is 0 Å². The Balaban J connectivity index is 2.17. The summed E-state index contributed by atoms with van der Waals surface area (Å²) in [6.45, 7) is 12.8. The van der Waals surface area contributed by atoms with Crippen molar-refractivity contribution >= 4 is 16.9 Å². The van der Waals surface area contributed by atoms with E-state index in [0.29, 0.717) is 41.1 Å². The van der Waals surface area contributed by atoms with Gasteiger partial charge in [-0.1, -0.05) is 33.3 Å². The molecular formula is C27H36N2O5. The molecule has 7 heteroatoms. The van der Waals surface area contributed by atoms with Gasteiger partial charge in [-0.05, 0) is 57.4 Å². The Morgan fingerprint density at radius 1 is 1.18 bits per heavy atom. The highest BCUT2D eigenvalue weighted by molar-refractivity contribution is 5.92. The number of benzene rings is 1. The van der Waals surface area contributed by atoms with Crippen LogP contribution in [0.3, 0.4) is 0 Å². The Bertz CT molecular complexity index is 1170. The Hall–Kier alpha value is -3.22. The number of carbonyl (C=O) groups excluding carboxylic acids is 1. The van der Waals surface area contributed by atoms with Crippen molar-refractivity contribution in [1.82, 2.24) is 9.88 Å². The van der Waals surface area contributed by atoms with Gasteiger partial charge in [0.2, 0.25) is 0 Å². The summed E-state index contributed by atoms with van der Waals surface area (Å²) in [7, 11) is 0. The van der Waals surface area contributed by atoms with Crippen molar-refractivity contribution in [2.45, 2.75) is 73.1 Å². The van der Waals surface area contributed by atoms with Crippen LogP contribution < -0.4 is 15.6 Å². The van der Waals surface area contributed by atoms with Crippen LogP contribution in [-0.4, -0.2) is 22.9 Å². The smallest absolute Gasteiger partial charge is 0.407 e. The van der Waals surface area contributed by atoms with Gasteiger partial charge in [-0.2, -0.15) is 0 Å². The molecule has 0 saturated carbocycles. The van der Waals surface area contributed by atoms with Crippen LogP contribution in [0.15, 0.2) is 45.8 Å². The second-order valence-corrected chi connectivity index (χ2v) is 9.88. The molecule has 0 bridgehead atoms. The molecule has 3 aromatic rings. The van der Waals surface area contributed by atoms with E-state index in [4.69, 9.17) is 13.9 Å². The topological polar surface area (TPSA) is 82.7 Å². The van der Waals surface area contributed by atoms with E-state index in [1.54, 1.807) is 10.8 Å². The average molecular weight is 469 g/mol. The van der Waals surface area contributed by atoms with Crippen molar-refractivity contribution in [1.29, 1.82) is 0 Å². The first-order valence-electron chi connectivity index (χ1n) is 11.9. The molecule has 0 saturated heterocycles. The molecule has 2 heterocycles. The molecule has 0 atom stereocenters. The first-order chi connectivity index (χ1) is 16.1. The first-order valence-corrected chi connectivity index (χ1v) is 11.9. The molecule has 0 aliphatic rings. The molecule has 3 rings (SSSR count). The molecule has 1 aromatic carbocycles. The largest absolute Gasteiger partial charge is 0.491 e. The summed E-state index contributed by atoms with van der Waals surface area (Å²) in [5, 5.41) is 4.09. The molecule has 1 N–H and O–H groups in total. The van der Waals surface area contributed by atoms with Crippen molar-refractivity contribution in [2.24, 2.45) is 5.92 Å². The van der Waals surface area contributed by atoms with Crippen molar-refractivity contribution in [2.75, 3.05) is 6.61 Å². The molecule has 184 valence electrons. The monoisotopic (exact) mass is 468 g/mol. The third-order valence-electron chi connectivity index (χ3n) is 5.22. The summed E-state index contributed by atoms with van der Waals surface area (Å²) in [5.41, 5.74) is 0.747. The van der Waals surface area contributed by atoms with Gasteiger partial charge < -0.3 is 23.8 Å². The molecule has 0 radical (unpaired) electrons. The van der Waals surface area contributed by atoms with Gasteiger partial charge in [-0.3, -0.25) is 4.79 Å². The van der Waals surface area contributed by atoms with Crippen molar-refractivity contribution in [3.05, 3.63) is 52.6 Å². The molecule has 34 heavy (non-hydrogen) atoms. The maximum absolute atomic E-state index is 13.6. The number of nitrogens with zero attached hydrogens (tertiary/aromatic N) is 1. The average Bonchev–Trinajstić information content (AvgIpc) is 3.29. The fraction of sp³-hybridized carbons (Fsp3) is 0.481. The van der Waals surface area contributed by atoms with Crippen LogP contribution in [0.25, 0.3) is 22.1 Å². The van der Waals surface area contributed by atoms with Crippen LogP contribution in [0.4, 0.5) is 4.79 Å². The summed E-state index contributed by atoms with van der Waals surface area (Å²) in [6.07, 6.45) is 2.93. The highest BCUT2D eigenvalue weighted by Gasteiger charge is 2.22. The number of alkyl carbamates (subject to hydrolysis) is 1. The highest BCUT2D eigenvalue weighted by atomic mass is 16.6. The summed E-state index contributed by atoms with van der Waals surface area (Å²) in [5.74, 6) is 1.54. The van der Waals surface area contributed by atoms with Crippen molar-refractivity contribution in [3.8, 4) is 17.1 Å². The lowest BCUT2D eigenvalue weighted by molar-refractivity contribution is 0.0521. The SMILES string of the molecule is CCCCOc1c(CNC(=O)OC(C)(C)C)n(CC(C)C)c(=O)c2ccc(-c3ccco3)cc12. The summed E-state index contributed by atoms with van der Waals surface area (Å²) < 4.78 is 19.0. The van der Waals surface area contributed by atoms with E-state index in [0.717, 1.165) is 18.4 Å². The molecule has 0 aliphatic carbocycles. The zero-order valence-corrected chi connectivity index (χ0v) is 21.1. The van der Waals surface area contributed by atoms with Gasteiger partial charge in [0.1, 0.15) is 17.1 Å². The van der Waals surface area contributed by atoms with Gasteiger partial charge in [-0.15, -0.1) is 0 Å². The normalized spacial score (nSPS) is 11.7. The van der Waals surface area contributed by atoms with Gasteiger partial charge in [0, 0.05) is 17.5 Å². The predicted octanol–water partition coefficient (Wildman–Crippen LogP) is 6.12. The van der Waals surface area contributed by atoms with E-state index < -0.39 is 11.7 Å². The molecule has 7 nitrogen and oxygen atoms in total. The lowest BCUT2D eigenvalue weighted by Crippen LogP contribution is -2.35. The minimum atomic E-state index is -0.622. The number of rotatable bonds is 9. The summed E-state index contributed by atoms with van der Waals surface area (Å²) >= 11 is 0. The van der Waals surface area contributed by atoms with Crippen molar-refractivity contribution < 1.29 is 18.7 Å². The van der Waals surface area contributed by atoms with E-state index in [-0.39, 0.29) is 18.0 Å². The van der Waals surface area contributed by atoms with Crippen LogP contribution in [0.1, 0.15) is 60.1 Å². The molecular weight excluding hydrogens is 432 g/mol. The maximum atomic E-state index is 13.6. The van der Waals surface area contributed by atoms with Crippen LogP contribution in [0.5, 0.6) is 5.75 Å². The van der Waals surface area contributed by atoms with E-state index in [2.05, 4.69) is 26.1 Å². The zero-order valence-electron chi connectivity index (χ0n) is 21.1.